The van der Waals surface area contributed by atoms with Crippen LogP contribution >= 0.6 is 11.8 Å². The Balaban J connectivity index is 1.80. The number of carbonyl (C=O) groups is 1. The summed E-state index contributed by atoms with van der Waals surface area (Å²) in [5.41, 5.74) is 3.45. The minimum Gasteiger partial charge on any atom is -0.507 e. The van der Waals surface area contributed by atoms with Gasteiger partial charge in [-0.15, -0.1) is 0 Å². The van der Waals surface area contributed by atoms with Crippen LogP contribution in [0.25, 0.3) is 6.08 Å². The fraction of sp³-hybridized carbons (Fsp3) is 0.286. The molecule has 0 saturated carbocycles. The summed E-state index contributed by atoms with van der Waals surface area (Å²) >= 11 is 1.23. The maximum absolute atomic E-state index is 13.2. The van der Waals surface area contributed by atoms with Crippen molar-refractivity contribution in [2.45, 2.75) is 12.8 Å². The van der Waals surface area contributed by atoms with E-state index in [2.05, 4.69) is 10.4 Å². The van der Waals surface area contributed by atoms with Crippen molar-refractivity contribution in [1.82, 2.24) is 10.4 Å². The van der Waals surface area contributed by atoms with E-state index in [-0.39, 0.29) is 17.2 Å². The number of nitrogens with zero attached hydrogens (tertiary/aromatic N) is 2. The van der Waals surface area contributed by atoms with Gasteiger partial charge in [-0.2, -0.15) is 4.99 Å². The summed E-state index contributed by atoms with van der Waals surface area (Å²) in [6, 6.07) is 3.62. The van der Waals surface area contributed by atoms with Gasteiger partial charge in [-0.25, -0.2) is 9.82 Å². The number of amides is 1. The number of aliphatic imine (C=N–C) groups is 1. The maximum Gasteiger partial charge on any atom is 0.286 e. The first kappa shape index (κ1) is 14.1. The van der Waals surface area contributed by atoms with Gasteiger partial charge in [0.15, 0.2) is 5.17 Å². The van der Waals surface area contributed by atoms with Gasteiger partial charge in [0.05, 0.1) is 4.91 Å². The molecule has 2 aliphatic rings. The largest absolute Gasteiger partial charge is 0.507 e. The number of phenols is 1. The van der Waals surface area contributed by atoms with Gasteiger partial charge in [0.1, 0.15) is 11.6 Å². The number of nitrogens with one attached hydrogen (secondary N) is 1. The second kappa shape index (κ2) is 5.87. The molecule has 1 aromatic carbocycles. The van der Waals surface area contributed by atoms with Crippen LogP contribution in [-0.4, -0.2) is 34.3 Å². The summed E-state index contributed by atoms with van der Waals surface area (Å²) in [6.45, 7) is 1.66. The van der Waals surface area contributed by atoms with E-state index in [1.165, 1.54) is 36.0 Å². The van der Waals surface area contributed by atoms with Crippen molar-refractivity contribution in [3.05, 3.63) is 34.5 Å². The topological polar surface area (TPSA) is 64.9 Å². The second-order valence-corrected chi connectivity index (χ2v) is 5.79. The van der Waals surface area contributed by atoms with Crippen LogP contribution in [0.2, 0.25) is 0 Å². The lowest BCUT2D eigenvalue weighted by atomic mass is 10.2. The van der Waals surface area contributed by atoms with Crippen LogP contribution in [0.1, 0.15) is 18.4 Å². The number of halogens is 1. The van der Waals surface area contributed by atoms with E-state index in [0.29, 0.717) is 10.1 Å². The Morgan fingerprint density at radius 3 is 3.05 bits per heavy atom. The first-order valence-electron chi connectivity index (χ1n) is 6.65. The number of hydrazine groups is 1. The quantitative estimate of drug-likeness (QED) is 0.778. The zero-order valence-electron chi connectivity index (χ0n) is 11.2. The van der Waals surface area contributed by atoms with E-state index in [1.807, 2.05) is 5.01 Å². The predicted molar refractivity (Wildman–Crippen MR) is 80.0 cm³/mol. The first-order valence-corrected chi connectivity index (χ1v) is 7.47. The molecule has 0 atom stereocenters. The third-order valence-corrected chi connectivity index (χ3v) is 4.23. The van der Waals surface area contributed by atoms with Crippen LogP contribution in [0.3, 0.4) is 0 Å². The van der Waals surface area contributed by atoms with Crippen LogP contribution in [0, 0.1) is 5.82 Å². The standard InChI is InChI=1S/C14H14FN3O2S/c15-10-3-4-11(19)9(7-10)8-12-13(20)17-14(21-12)18-6-2-1-5-16-18/h3-4,7-8,16,19H,1-2,5-6H2/b12-8-. The van der Waals surface area contributed by atoms with Gasteiger partial charge in [0.2, 0.25) is 0 Å². The van der Waals surface area contributed by atoms with Crippen molar-refractivity contribution in [3.8, 4) is 5.75 Å². The zero-order valence-corrected chi connectivity index (χ0v) is 12.0. The number of rotatable bonds is 1. The number of thioether (sulfide) groups is 1. The third-order valence-electron chi connectivity index (χ3n) is 3.23. The number of phenolic OH excluding ortho intramolecular Hbond substituents is 1. The molecule has 7 heteroatoms. The van der Waals surface area contributed by atoms with E-state index in [1.54, 1.807) is 0 Å². The Morgan fingerprint density at radius 1 is 1.43 bits per heavy atom. The summed E-state index contributed by atoms with van der Waals surface area (Å²) in [5, 5.41) is 12.2. The molecular weight excluding hydrogens is 293 g/mol. The van der Waals surface area contributed by atoms with Gasteiger partial charge < -0.3 is 5.11 Å². The number of benzene rings is 1. The minimum atomic E-state index is -0.464. The van der Waals surface area contributed by atoms with Gasteiger partial charge >= 0.3 is 0 Å². The van der Waals surface area contributed by atoms with Gasteiger partial charge in [0, 0.05) is 18.7 Å². The average Bonchev–Trinajstić information content (AvgIpc) is 2.85. The Bertz CT molecular complexity index is 639. The number of carbonyl (C=O) groups excluding carboxylic acids is 1. The van der Waals surface area contributed by atoms with E-state index in [9.17, 15) is 14.3 Å². The third kappa shape index (κ3) is 3.08. The molecule has 2 heterocycles. The second-order valence-electron chi connectivity index (χ2n) is 4.78. The lowest BCUT2D eigenvalue weighted by Crippen LogP contribution is -2.45. The summed E-state index contributed by atoms with van der Waals surface area (Å²) in [4.78, 5) is 16.3. The molecule has 1 amide bonds. The average molecular weight is 307 g/mol. The van der Waals surface area contributed by atoms with Crippen molar-refractivity contribution < 1.29 is 14.3 Å². The highest BCUT2D eigenvalue weighted by Gasteiger charge is 2.27. The molecule has 0 spiro atoms. The molecule has 2 aliphatic heterocycles. The van der Waals surface area contributed by atoms with Gasteiger partial charge in [-0.1, -0.05) is 0 Å². The smallest absolute Gasteiger partial charge is 0.286 e. The summed E-state index contributed by atoms with van der Waals surface area (Å²) < 4.78 is 13.2. The number of aromatic hydroxyl groups is 1. The van der Waals surface area contributed by atoms with Crippen LogP contribution in [0.4, 0.5) is 4.39 Å². The SMILES string of the molecule is O=C1N=C(N2CCCCN2)S/C1=C\c1cc(F)ccc1O. The van der Waals surface area contributed by atoms with Crippen molar-refractivity contribution in [2.24, 2.45) is 4.99 Å². The fourth-order valence-corrected chi connectivity index (χ4v) is 3.06. The van der Waals surface area contributed by atoms with Crippen LogP contribution in [0.5, 0.6) is 5.75 Å². The van der Waals surface area contributed by atoms with Crippen molar-refractivity contribution in [2.75, 3.05) is 13.1 Å². The van der Waals surface area contributed by atoms with Crippen LogP contribution in [-0.2, 0) is 4.79 Å². The summed E-state index contributed by atoms with van der Waals surface area (Å²) in [7, 11) is 0. The molecule has 0 radical (unpaired) electrons. The van der Waals surface area contributed by atoms with Gasteiger partial charge in [-0.3, -0.25) is 9.80 Å². The molecule has 0 bridgehead atoms. The van der Waals surface area contributed by atoms with E-state index in [0.717, 1.165) is 25.9 Å². The highest BCUT2D eigenvalue weighted by atomic mass is 32.2. The Labute approximate surface area is 125 Å². The number of hydrogen-bond acceptors (Lipinski definition) is 5. The van der Waals surface area contributed by atoms with Gasteiger partial charge in [0.25, 0.3) is 5.91 Å². The molecule has 5 nitrogen and oxygen atoms in total. The molecule has 1 aromatic rings. The normalized spacial score (nSPS) is 21.0. The molecule has 110 valence electrons. The highest BCUT2D eigenvalue weighted by molar-refractivity contribution is 8.18. The van der Waals surface area contributed by atoms with Crippen molar-refractivity contribution in [1.29, 1.82) is 0 Å². The summed E-state index contributed by atoms with van der Waals surface area (Å²) in [6.07, 6.45) is 3.61. The van der Waals surface area contributed by atoms with Gasteiger partial charge in [-0.05, 0) is 48.9 Å². The molecule has 1 fully saturated rings. The predicted octanol–water partition coefficient (Wildman–Crippen LogP) is 2.10. The number of hydrogen-bond donors (Lipinski definition) is 2. The van der Waals surface area contributed by atoms with Crippen LogP contribution < -0.4 is 5.43 Å². The molecule has 2 N–H and O–H groups in total. The van der Waals surface area contributed by atoms with Crippen LogP contribution in [0.15, 0.2) is 28.1 Å². The lowest BCUT2D eigenvalue weighted by Gasteiger charge is -2.28. The monoisotopic (exact) mass is 307 g/mol. The van der Waals surface area contributed by atoms with E-state index >= 15 is 0 Å². The Hall–Kier alpha value is -1.86. The molecule has 0 unspecified atom stereocenters. The molecule has 0 aromatic heterocycles. The van der Waals surface area contributed by atoms with Crippen molar-refractivity contribution >= 4 is 28.9 Å². The Morgan fingerprint density at radius 2 is 2.29 bits per heavy atom. The molecular formula is C14H14FN3O2S. The first-order chi connectivity index (χ1) is 10.1. The number of amidine groups is 1. The molecule has 0 aliphatic carbocycles. The fourth-order valence-electron chi connectivity index (χ4n) is 2.15. The molecule has 3 rings (SSSR count). The maximum atomic E-state index is 13.2. The minimum absolute atomic E-state index is 0.0677. The molecule has 21 heavy (non-hydrogen) atoms. The zero-order chi connectivity index (χ0) is 14.8. The lowest BCUT2D eigenvalue weighted by molar-refractivity contribution is -0.113. The van der Waals surface area contributed by atoms with Crippen molar-refractivity contribution in [3.63, 3.8) is 0 Å². The van der Waals surface area contributed by atoms with E-state index < -0.39 is 5.82 Å². The highest BCUT2D eigenvalue weighted by Crippen LogP contribution is 2.32. The summed E-state index contributed by atoms with van der Waals surface area (Å²) in [5.74, 6) is -0.901. The van der Waals surface area contributed by atoms with E-state index in [4.69, 9.17) is 0 Å². The molecule has 1 saturated heterocycles. The Kier molecular flexibility index (Phi) is 3.94.